The molecule has 2 heterocycles. The molecule has 17 heavy (non-hydrogen) atoms. The molecule has 0 N–H and O–H groups in total. The van der Waals surface area contributed by atoms with Crippen LogP contribution >= 0.6 is 0 Å². The monoisotopic (exact) mass is 255 g/mol. The van der Waals surface area contributed by atoms with Crippen molar-refractivity contribution >= 4 is 10.0 Å². The Bertz CT molecular complexity index is 506. The predicted octanol–water partition coefficient (Wildman–Crippen LogP) is 1.83. The summed E-state index contributed by atoms with van der Waals surface area (Å²) in [6, 6.07) is 6.92. The third kappa shape index (κ3) is 3.21. The van der Waals surface area contributed by atoms with Gasteiger partial charge in [0, 0.05) is 0 Å². The van der Waals surface area contributed by atoms with Crippen molar-refractivity contribution in [2.75, 3.05) is 6.26 Å². The van der Waals surface area contributed by atoms with Gasteiger partial charge in [0.15, 0.2) is 0 Å². The SMILES string of the molecule is CS(=O)(=O)N(Cc1ccco1)Cc1ccco1. The Morgan fingerprint density at radius 3 is 1.82 bits per heavy atom. The minimum Gasteiger partial charge on any atom is -0.468 e. The van der Waals surface area contributed by atoms with E-state index in [9.17, 15) is 8.42 Å². The highest BCUT2D eigenvalue weighted by molar-refractivity contribution is 7.88. The molecule has 0 radical (unpaired) electrons. The first-order valence-electron chi connectivity index (χ1n) is 5.05. The third-order valence-corrected chi connectivity index (χ3v) is 3.49. The van der Waals surface area contributed by atoms with Crippen LogP contribution in [0, 0.1) is 0 Å². The lowest BCUT2D eigenvalue weighted by atomic mass is 10.4. The smallest absolute Gasteiger partial charge is 0.212 e. The molecule has 0 amide bonds. The molecule has 2 aromatic rings. The molecule has 0 saturated carbocycles. The Balaban J connectivity index is 2.15. The summed E-state index contributed by atoms with van der Waals surface area (Å²) in [5.41, 5.74) is 0. The fourth-order valence-corrected chi connectivity index (χ4v) is 2.17. The van der Waals surface area contributed by atoms with Crippen LogP contribution in [0.2, 0.25) is 0 Å². The molecule has 0 aliphatic carbocycles. The number of furan rings is 2. The topological polar surface area (TPSA) is 63.7 Å². The standard InChI is InChI=1S/C11H13NO4S/c1-17(13,14)12(8-10-4-2-6-15-10)9-11-5-3-7-16-11/h2-7H,8-9H2,1H3. The molecular weight excluding hydrogens is 242 g/mol. The van der Waals surface area contributed by atoms with Crippen molar-refractivity contribution in [3.05, 3.63) is 48.3 Å². The van der Waals surface area contributed by atoms with Crippen LogP contribution in [0.15, 0.2) is 45.6 Å². The van der Waals surface area contributed by atoms with E-state index in [1.54, 1.807) is 24.3 Å². The average molecular weight is 255 g/mol. The average Bonchev–Trinajstić information content (AvgIpc) is 2.87. The van der Waals surface area contributed by atoms with Gasteiger partial charge in [-0.25, -0.2) is 8.42 Å². The van der Waals surface area contributed by atoms with Crippen molar-refractivity contribution in [3.8, 4) is 0 Å². The van der Waals surface area contributed by atoms with E-state index in [0.717, 1.165) is 0 Å². The van der Waals surface area contributed by atoms with Gasteiger partial charge in [0.25, 0.3) is 0 Å². The van der Waals surface area contributed by atoms with Crippen LogP contribution in [0.3, 0.4) is 0 Å². The number of sulfonamides is 1. The Labute approximate surface area is 99.7 Å². The maximum Gasteiger partial charge on any atom is 0.212 e. The lowest BCUT2D eigenvalue weighted by Crippen LogP contribution is -2.28. The van der Waals surface area contributed by atoms with Gasteiger partial charge in [-0.2, -0.15) is 4.31 Å². The Kier molecular flexibility index (Phi) is 3.35. The Morgan fingerprint density at radius 2 is 1.53 bits per heavy atom. The van der Waals surface area contributed by atoms with Gasteiger partial charge in [0.2, 0.25) is 10.0 Å². The van der Waals surface area contributed by atoms with E-state index in [-0.39, 0.29) is 13.1 Å². The first kappa shape index (κ1) is 11.9. The summed E-state index contributed by atoms with van der Waals surface area (Å²) in [6.45, 7) is 0.402. The lowest BCUT2D eigenvalue weighted by molar-refractivity contribution is 0.332. The van der Waals surface area contributed by atoms with E-state index < -0.39 is 10.0 Å². The summed E-state index contributed by atoms with van der Waals surface area (Å²) in [5, 5.41) is 0. The van der Waals surface area contributed by atoms with E-state index in [2.05, 4.69) is 0 Å². The van der Waals surface area contributed by atoms with Gasteiger partial charge in [-0.3, -0.25) is 0 Å². The molecule has 6 heteroatoms. The molecule has 92 valence electrons. The largest absolute Gasteiger partial charge is 0.468 e. The minimum absolute atomic E-state index is 0.201. The second-order valence-corrected chi connectivity index (χ2v) is 5.67. The molecule has 0 aromatic carbocycles. The highest BCUT2D eigenvalue weighted by atomic mass is 32.2. The van der Waals surface area contributed by atoms with Crippen LogP contribution in [-0.4, -0.2) is 19.0 Å². The van der Waals surface area contributed by atoms with E-state index in [1.165, 1.54) is 23.1 Å². The first-order valence-corrected chi connectivity index (χ1v) is 6.90. The van der Waals surface area contributed by atoms with E-state index in [1.807, 2.05) is 0 Å². The van der Waals surface area contributed by atoms with Gasteiger partial charge < -0.3 is 8.83 Å². The van der Waals surface area contributed by atoms with Gasteiger partial charge in [-0.05, 0) is 24.3 Å². The normalized spacial score (nSPS) is 12.1. The Hall–Kier alpha value is -1.53. The summed E-state index contributed by atoms with van der Waals surface area (Å²) in [7, 11) is -3.30. The molecule has 0 bridgehead atoms. The van der Waals surface area contributed by atoms with E-state index in [0.29, 0.717) is 11.5 Å². The highest BCUT2D eigenvalue weighted by Crippen LogP contribution is 2.13. The third-order valence-electron chi connectivity index (χ3n) is 2.29. The molecular formula is C11H13NO4S. The second kappa shape index (κ2) is 4.77. The maximum atomic E-state index is 11.6. The van der Waals surface area contributed by atoms with E-state index >= 15 is 0 Å². The summed E-state index contributed by atoms with van der Waals surface area (Å²) >= 11 is 0. The number of rotatable bonds is 5. The summed E-state index contributed by atoms with van der Waals surface area (Å²) in [6.07, 6.45) is 4.20. The van der Waals surface area contributed by atoms with Crippen molar-refractivity contribution in [1.29, 1.82) is 0 Å². The quantitative estimate of drug-likeness (QED) is 0.817. The first-order chi connectivity index (χ1) is 8.05. The molecule has 2 aromatic heterocycles. The highest BCUT2D eigenvalue weighted by Gasteiger charge is 2.19. The maximum absolute atomic E-state index is 11.6. The molecule has 0 aliphatic heterocycles. The van der Waals surface area contributed by atoms with Crippen LogP contribution < -0.4 is 0 Å². The Morgan fingerprint density at radius 1 is 1.06 bits per heavy atom. The van der Waals surface area contributed by atoms with Crippen molar-refractivity contribution in [2.24, 2.45) is 0 Å². The summed E-state index contributed by atoms with van der Waals surface area (Å²) < 4.78 is 34.8. The van der Waals surface area contributed by atoms with Gasteiger partial charge in [-0.15, -0.1) is 0 Å². The summed E-state index contributed by atoms with van der Waals surface area (Å²) in [5.74, 6) is 1.20. The van der Waals surface area contributed by atoms with Crippen LogP contribution in [0.1, 0.15) is 11.5 Å². The molecule has 0 spiro atoms. The molecule has 0 saturated heterocycles. The van der Waals surface area contributed by atoms with Crippen molar-refractivity contribution < 1.29 is 17.3 Å². The summed E-state index contributed by atoms with van der Waals surface area (Å²) in [4.78, 5) is 0. The number of hydrogen-bond donors (Lipinski definition) is 0. The van der Waals surface area contributed by atoms with E-state index in [4.69, 9.17) is 8.83 Å². The molecule has 2 rings (SSSR count). The van der Waals surface area contributed by atoms with Crippen molar-refractivity contribution in [3.63, 3.8) is 0 Å². The molecule has 5 nitrogen and oxygen atoms in total. The fourth-order valence-electron chi connectivity index (χ4n) is 1.44. The zero-order chi connectivity index (χ0) is 12.3. The predicted molar refractivity (Wildman–Crippen MR) is 61.5 cm³/mol. The van der Waals surface area contributed by atoms with Crippen LogP contribution in [0.4, 0.5) is 0 Å². The molecule has 0 aliphatic rings. The minimum atomic E-state index is -3.30. The fraction of sp³-hybridized carbons (Fsp3) is 0.273. The zero-order valence-corrected chi connectivity index (χ0v) is 10.2. The van der Waals surface area contributed by atoms with Crippen molar-refractivity contribution in [2.45, 2.75) is 13.1 Å². The molecule has 0 fully saturated rings. The van der Waals surface area contributed by atoms with Gasteiger partial charge >= 0.3 is 0 Å². The van der Waals surface area contributed by atoms with Gasteiger partial charge in [-0.1, -0.05) is 0 Å². The molecule has 0 unspecified atom stereocenters. The van der Waals surface area contributed by atoms with Gasteiger partial charge in [0.1, 0.15) is 11.5 Å². The molecule has 0 atom stereocenters. The van der Waals surface area contributed by atoms with Crippen LogP contribution in [-0.2, 0) is 23.1 Å². The number of hydrogen-bond acceptors (Lipinski definition) is 4. The number of nitrogens with zero attached hydrogens (tertiary/aromatic N) is 1. The lowest BCUT2D eigenvalue weighted by Gasteiger charge is -2.17. The van der Waals surface area contributed by atoms with Crippen molar-refractivity contribution in [1.82, 2.24) is 4.31 Å². The van der Waals surface area contributed by atoms with Gasteiger partial charge in [0.05, 0.1) is 31.9 Å². The van der Waals surface area contributed by atoms with Crippen LogP contribution in [0.25, 0.3) is 0 Å². The van der Waals surface area contributed by atoms with Crippen LogP contribution in [0.5, 0.6) is 0 Å². The zero-order valence-electron chi connectivity index (χ0n) is 9.37. The second-order valence-electron chi connectivity index (χ2n) is 3.69.